The average molecular weight is 359 g/mol. The van der Waals surface area contributed by atoms with Crippen LogP contribution in [-0.4, -0.2) is 16.7 Å². The number of halogens is 2. The van der Waals surface area contributed by atoms with Gasteiger partial charge < -0.3 is 4.74 Å². The van der Waals surface area contributed by atoms with Crippen LogP contribution >= 0.6 is 35.0 Å². The second-order valence-electron chi connectivity index (χ2n) is 5.03. The van der Waals surface area contributed by atoms with E-state index in [-0.39, 0.29) is 0 Å². The molecule has 6 heteroatoms. The lowest BCUT2D eigenvalue weighted by Gasteiger charge is -2.07. The van der Waals surface area contributed by atoms with Gasteiger partial charge in [-0.25, -0.2) is 4.98 Å². The summed E-state index contributed by atoms with van der Waals surface area (Å²) in [5, 5.41) is 1.50. The van der Waals surface area contributed by atoms with Crippen LogP contribution in [0.4, 0.5) is 0 Å². The number of hydrogen-bond acceptors (Lipinski definition) is 3. The van der Waals surface area contributed by atoms with Gasteiger partial charge in [0.25, 0.3) is 0 Å². The van der Waals surface area contributed by atoms with E-state index in [0.29, 0.717) is 17.0 Å². The van der Waals surface area contributed by atoms with Crippen LogP contribution in [0.5, 0.6) is 0 Å². The maximum absolute atomic E-state index is 6.12. The Kier molecular flexibility index (Phi) is 7.09. The molecule has 0 unspecified atom stereocenters. The van der Waals surface area contributed by atoms with Crippen LogP contribution in [0.15, 0.2) is 29.4 Å². The Morgan fingerprint density at radius 2 is 1.86 bits per heavy atom. The van der Waals surface area contributed by atoms with Crippen LogP contribution in [0.25, 0.3) is 0 Å². The van der Waals surface area contributed by atoms with E-state index in [1.54, 1.807) is 23.4 Å². The van der Waals surface area contributed by atoms with Gasteiger partial charge in [0.05, 0.1) is 0 Å². The van der Waals surface area contributed by atoms with E-state index in [4.69, 9.17) is 27.9 Å². The molecule has 0 radical (unpaired) electrons. The van der Waals surface area contributed by atoms with E-state index >= 15 is 0 Å². The fraction of sp³-hybridized carbons (Fsp3) is 0.438. The topological polar surface area (TPSA) is 27.1 Å². The highest BCUT2D eigenvalue weighted by Crippen LogP contribution is 2.30. The van der Waals surface area contributed by atoms with E-state index in [1.807, 2.05) is 0 Å². The van der Waals surface area contributed by atoms with Crippen molar-refractivity contribution in [3.8, 4) is 0 Å². The summed E-state index contributed by atoms with van der Waals surface area (Å²) in [7, 11) is 1.62. The zero-order valence-corrected chi connectivity index (χ0v) is 15.1. The Hall–Kier alpha value is -0.680. The van der Waals surface area contributed by atoms with Gasteiger partial charge in [0.15, 0.2) is 15.5 Å². The maximum Gasteiger partial charge on any atom is 0.172 e. The molecule has 0 saturated carbocycles. The highest BCUT2D eigenvalue weighted by molar-refractivity contribution is 7.98. The van der Waals surface area contributed by atoms with E-state index in [0.717, 1.165) is 17.3 Å². The molecule has 22 heavy (non-hydrogen) atoms. The first-order valence-electron chi connectivity index (χ1n) is 7.26. The largest absolute Gasteiger partial charge is 0.364 e. The number of rotatable bonds is 8. The Morgan fingerprint density at radius 3 is 2.50 bits per heavy atom. The van der Waals surface area contributed by atoms with Crippen molar-refractivity contribution in [1.29, 1.82) is 0 Å². The highest BCUT2D eigenvalue weighted by atomic mass is 35.5. The van der Waals surface area contributed by atoms with Crippen molar-refractivity contribution < 1.29 is 4.74 Å². The van der Waals surface area contributed by atoms with E-state index in [2.05, 4.69) is 36.2 Å². The molecule has 1 aromatic heterocycles. The van der Waals surface area contributed by atoms with Crippen molar-refractivity contribution in [3.63, 3.8) is 0 Å². The number of nitrogens with zero attached hydrogens (tertiary/aromatic N) is 2. The third kappa shape index (κ3) is 4.66. The summed E-state index contributed by atoms with van der Waals surface area (Å²) >= 11 is 13.7. The van der Waals surface area contributed by atoms with E-state index in [1.165, 1.54) is 24.0 Å². The summed E-state index contributed by atoms with van der Waals surface area (Å²) in [6.07, 6.45) is 3.61. The highest BCUT2D eigenvalue weighted by Gasteiger charge is 2.14. The van der Waals surface area contributed by atoms with Crippen molar-refractivity contribution in [2.24, 2.45) is 0 Å². The van der Waals surface area contributed by atoms with Crippen LogP contribution in [0.1, 0.15) is 30.9 Å². The van der Waals surface area contributed by atoms with Gasteiger partial charge in [-0.3, -0.25) is 4.57 Å². The van der Waals surface area contributed by atoms with Gasteiger partial charge in [-0.05, 0) is 24.0 Å². The number of aromatic nitrogens is 2. The molecule has 1 aromatic carbocycles. The third-order valence-electron chi connectivity index (χ3n) is 3.30. The summed E-state index contributed by atoms with van der Waals surface area (Å²) in [6, 6.07) is 8.75. The number of methoxy groups -OCH3 is 1. The normalized spacial score (nSPS) is 11.1. The Balaban J connectivity index is 1.99. The van der Waals surface area contributed by atoms with Gasteiger partial charge in [-0.15, -0.1) is 0 Å². The Bertz CT molecular complexity index is 599. The lowest BCUT2D eigenvalue weighted by atomic mass is 10.1. The predicted molar refractivity (Wildman–Crippen MR) is 93.9 cm³/mol. The molecule has 2 aromatic rings. The lowest BCUT2D eigenvalue weighted by molar-refractivity contribution is 0.124. The number of thioether (sulfide) groups is 1. The Morgan fingerprint density at radius 1 is 1.18 bits per heavy atom. The van der Waals surface area contributed by atoms with Gasteiger partial charge in [-0.1, -0.05) is 72.6 Å². The fourth-order valence-corrected chi connectivity index (χ4v) is 3.47. The molecule has 0 amide bonds. The number of hydrogen-bond donors (Lipinski definition) is 0. The van der Waals surface area contributed by atoms with Gasteiger partial charge >= 0.3 is 0 Å². The molecule has 0 saturated heterocycles. The maximum atomic E-state index is 6.12. The van der Waals surface area contributed by atoms with Crippen LogP contribution < -0.4 is 0 Å². The van der Waals surface area contributed by atoms with E-state index in [9.17, 15) is 0 Å². The summed E-state index contributed by atoms with van der Waals surface area (Å²) in [5.41, 5.74) is 2.65. The molecule has 0 fully saturated rings. The number of aryl methyl sites for hydroxylation is 1. The molecule has 0 spiro atoms. The van der Waals surface area contributed by atoms with Crippen LogP contribution in [0, 0.1) is 0 Å². The third-order valence-corrected chi connectivity index (χ3v) is 5.09. The predicted octanol–water partition coefficient (Wildman–Crippen LogP) is 5.43. The minimum Gasteiger partial charge on any atom is -0.364 e. The molecule has 120 valence electrons. The monoisotopic (exact) mass is 358 g/mol. The van der Waals surface area contributed by atoms with Crippen LogP contribution in [0.3, 0.4) is 0 Å². The first kappa shape index (κ1) is 17.7. The molecule has 0 aliphatic rings. The fourth-order valence-electron chi connectivity index (χ4n) is 2.07. The first-order valence-corrected chi connectivity index (χ1v) is 9.01. The standard InChI is InChI=1S/C16H20Cl2N2OS/c1-3-4-5-12-6-8-13(9-7-12)10-22-16-19-14(17)15(18)20(16)11-21-2/h6-9H,3-5,10-11H2,1-2H3. The van der Waals surface area contributed by atoms with Crippen molar-refractivity contribution in [2.45, 2.75) is 43.8 Å². The van der Waals surface area contributed by atoms with Gasteiger partial charge in [0, 0.05) is 12.9 Å². The number of imidazole rings is 1. The molecule has 1 heterocycles. The number of benzene rings is 1. The summed E-state index contributed by atoms with van der Waals surface area (Å²) in [4.78, 5) is 4.28. The van der Waals surface area contributed by atoms with Gasteiger partial charge in [0.1, 0.15) is 6.73 Å². The van der Waals surface area contributed by atoms with E-state index < -0.39 is 0 Å². The lowest BCUT2D eigenvalue weighted by Crippen LogP contribution is -2.01. The van der Waals surface area contributed by atoms with Crippen molar-refractivity contribution >= 4 is 35.0 Å². The summed E-state index contributed by atoms with van der Waals surface area (Å²) < 4.78 is 6.90. The molecule has 0 aliphatic carbocycles. The number of unbranched alkanes of at least 4 members (excludes halogenated alkanes) is 1. The molecule has 0 bridgehead atoms. The molecule has 0 aliphatic heterocycles. The number of ether oxygens (including phenoxy) is 1. The summed E-state index contributed by atoms with van der Waals surface area (Å²) in [6.45, 7) is 2.56. The molecule has 0 N–H and O–H groups in total. The van der Waals surface area contributed by atoms with Crippen molar-refractivity contribution in [2.75, 3.05) is 7.11 Å². The quantitative estimate of drug-likeness (QED) is 0.588. The van der Waals surface area contributed by atoms with Gasteiger partial charge in [0.2, 0.25) is 0 Å². The van der Waals surface area contributed by atoms with Crippen LogP contribution in [0.2, 0.25) is 10.3 Å². The minimum atomic E-state index is 0.316. The van der Waals surface area contributed by atoms with Gasteiger partial charge in [-0.2, -0.15) is 0 Å². The molecule has 2 rings (SSSR count). The van der Waals surface area contributed by atoms with Crippen molar-refractivity contribution in [1.82, 2.24) is 9.55 Å². The second-order valence-corrected chi connectivity index (χ2v) is 6.69. The zero-order chi connectivity index (χ0) is 15.9. The molecular formula is C16H20Cl2N2OS. The van der Waals surface area contributed by atoms with Crippen molar-refractivity contribution in [3.05, 3.63) is 45.7 Å². The summed E-state index contributed by atoms with van der Waals surface area (Å²) in [5.74, 6) is 0.821. The first-order chi connectivity index (χ1) is 10.7. The zero-order valence-electron chi connectivity index (χ0n) is 12.8. The Labute approximate surface area is 146 Å². The SMILES string of the molecule is CCCCc1ccc(CSc2nc(Cl)c(Cl)n2COC)cc1. The molecule has 3 nitrogen and oxygen atoms in total. The average Bonchev–Trinajstić information content (AvgIpc) is 2.80. The molecular weight excluding hydrogens is 339 g/mol. The minimum absolute atomic E-state index is 0.316. The smallest absolute Gasteiger partial charge is 0.172 e. The molecule has 0 atom stereocenters. The second kappa shape index (κ2) is 8.82. The van der Waals surface area contributed by atoms with Crippen LogP contribution in [-0.2, 0) is 23.6 Å².